The Kier molecular flexibility index (Phi) is 6.56. The van der Waals surface area contributed by atoms with Gasteiger partial charge in [-0.15, -0.1) is 0 Å². The van der Waals surface area contributed by atoms with E-state index in [1.165, 1.54) is 5.56 Å². The number of aliphatic hydroxyl groups is 1. The summed E-state index contributed by atoms with van der Waals surface area (Å²) in [5, 5.41) is 19.8. The minimum Gasteiger partial charge on any atom is -0.490 e. The molecule has 3 rings (SSSR count). The summed E-state index contributed by atoms with van der Waals surface area (Å²) < 4.78 is 5.95. The molecule has 1 aliphatic rings. The van der Waals surface area contributed by atoms with E-state index in [1.54, 1.807) is 0 Å². The van der Waals surface area contributed by atoms with Crippen molar-refractivity contribution in [3.05, 3.63) is 58.7 Å². The van der Waals surface area contributed by atoms with Gasteiger partial charge < -0.3 is 14.7 Å². The van der Waals surface area contributed by atoms with Crippen LogP contribution in [0.2, 0.25) is 0 Å². The van der Waals surface area contributed by atoms with Crippen molar-refractivity contribution in [1.29, 1.82) is 5.26 Å². The Labute approximate surface area is 167 Å². The third-order valence-electron chi connectivity index (χ3n) is 5.50. The van der Waals surface area contributed by atoms with Crippen molar-refractivity contribution in [2.24, 2.45) is 0 Å². The summed E-state index contributed by atoms with van der Waals surface area (Å²) in [5.41, 5.74) is 5.15. The Morgan fingerprint density at radius 2 is 1.71 bits per heavy atom. The van der Waals surface area contributed by atoms with Crippen LogP contribution in [0, 0.1) is 32.1 Å². The van der Waals surface area contributed by atoms with Gasteiger partial charge in [-0.2, -0.15) is 5.26 Å². The number of nitriles is 1. The second-order valence-electron chi connectivity index (χ2n) is 7.53. The van der Waals surface area contributed by atoms with Gasteiger partial charge in [0.25, 0.3) is 0 Å². The fraction of sp³-hybridized carbons (Fsp3) is 0.435. The minimum atomic E-state index is -0.530. The van der Waals surface area contributed by atoms with Crippen molar-refractivity contribution in [3.63, 3.8) is 0 Å². The van der Waals surface area contributed by atoms with Gasteiger partial charge in [-0.1, -0.05) is 24.3 Å². The van der Waals surface area contributed by atoms with Crippen LogP contribution in [0.15, 0.2) is 36.4 Å². The maximum atomic E-state index is 10.5. The first-order valence-electron chi connectivity index (χ1n) is 9.83. The Hall–Kier alpha value is -2.55. The largest absolute Gasteiger partial charge is 0.490 e. The zero-order valence-corrected chi connectivity index (χ0v) is 17.0. The molecule has 1 saturated heterocycles. The molecular weight excluding hydrogens is 350 g/mol. The number of benzene rings is 2. The summed E-state index contributed by atoms with van der Waals surface area (Å²) in [6.07, 6.45) is -0.530. The second kappa shape index (κ2) is 9.09. The van der Waals surface area contributed by atoms with Crippen LogP contribution in [-0.2, 0) is 0 Å². The van der Waals surface area contributed by atoms with E-state index in [-0.39, 0.29) is 0 Å². The number of ether oxygens (including phenoxy) is 1. The molecule has 0 saturated carbocycles. The molecule has 1 unspecified atom stereocenters. The number of hydrogen-bond donors (Lipinski definition) is 1. The highest BCUT2D eigenvalue weighted by Gasteiger charge is 2.21. The van der Waals surface area contributed by atoms with Gasteiger partial charge in [-0.25, -0.2) is 0 Å². The quantitative estimate of drug-likeness (QED) is 0.836. The fourth-order valence-electron chi connectivity index (χ4n) is 3.69. The van der Waals surface area contributed by atoms with Crippen LogP contribution in [0.5, 0.6) is 5.75 Å². The molecule has 0 bridgehead atoms. The van der Waals surface area contributed by atoms with Crippen LogP contribution >= 0.6 is 0 Å². The van der Waals surface area contributed by atoms with Crippen molar-refractivity contribution in [2.75, 3.05) is 44.2 Å². The van der Waals surface area contributed by atoms with Crippen molar-refractivity contribution in [3.8, 4) is 11.8 Å². The lowest BCUT2D eigenvalue weighted by atomic mass is 10.1. The standard InChI is InChI=1S/C23H29N3O2/c1-17-8-9-18(2)23(19(17)3)28-16-21(27)15-25-10-12-26(13-11-25)22-7-5-4-6-20(22)14-24/h4-9,21,27H,10-13,15-16H2,1-3H3. The summed E-state index contributed by atoms with van der Waals surface area (Å²) in [5.74, 6) is 0.886. The molecule has 148 valence electrons. The number of piperazine rings is 1. The molecule has 5 nitrogen and oxygen atoms in total. The highest BCUT2D eigenvalue weighted by atomic mass is 16.5. The molecule has 0 aliphatic carbocycles. The van der Waals surface area contributed by atoms with Crippen molar-refractivity contribution < 1.29 is 9.84 Å². The van der Waals surface area contributed by atoms with E-state index in [9.17, 15) is 10.4 Å². The lowest BCUT2D eigenvalue weighted by molar-refractivity contribution is 0.0658. The zero-order valence-electron chi connectivity index (χ0n) is 17.0. The Balaban J connectivity index is 1.50. The molecule has 0 radical (unpaired) electrons. The van der Waals surface area contributed by atoms with Gasteiger partial charge in [0.15, 0.2) is 0 Å². The summed E-state index contributed by atoms with van der Waals surface area (Å²) in [4.78, 5) is 4.51. The predicted octanol–water partition coefficient (Wildman–Crippen LogP) is 3.05. The van der Waals surface area contributed by atoms with Crippen LogP contribution in [0.4, 0.5) is 5.69 Å². The molecule has 0 aromatic heterocycles. The van der Waals surface area contributed by atoms with E-state index >= 15 is 0 Å². The summed E-state index contributed by atoms with van der Waals surface area (Å²) in [7, 11) is 0. The maximum Gasteiger partial charge on any atom is 0.125 e. The average molecular weight is 380 g/mol. The number of nitrogens with zero attached hydrogens (tertiary/aromatic N) is 3. The maximum absolute atomic E-state index is 10.5. The Bertz CT molecular complexity index is 851. The van der Waals surface area contributed by atoms with E-state index in [1.807, 2.05) is 31.2 Å². The molecule has 0 spiro atoms. The number of anilines is 1. The first-order valence-corrected chi connectivity index (χ1v) is 9.83. The van der Waals surface area contributed by atoms with Gasteiger partial charge in [0.2, 0.25) is 0 Å². The molecule has 2 aromatic rings. The minimum absolute atomic E-state index is 0.294. The van der Waals surface area contributed by atoms with Gasteiger partial charge in [0.05, 0.1) is 11.3 Å². The monoisotopic (exact) mass is 379 g/mol. The number of aryl methyl sites for hydroxylation is 2. The lowest BCUT2D eigenvalue weighted by Gasteiger charge is -2.37. The van der Waals surface area contributed by atoms with Crippen LogP contribution in [0.25, 0.3) is 0 Å². The number of β-amino-alcohol motifs (C(OH)–C–C–N with tert-alkyl or cyclic N) is 1. The molecule has 1 atom stereocenters. The van der Waals surface area contributed by atoms with Crippen LogP contribution in [0.3, 0.4) is 0 Å². The molecule has 1 aliphatic heterocycles. The van der Waals surface area contributed by atoms with Gasteiger partial charge in [0.1, 0.15) is 24.5 Å². The number of aliphatic hydroxyl groups excluding tert-OH is 1. The third kappa shape index (κ3) is 4.64. The molecule has 1 fully saturated rings. The van der Waals surface area contributed by atoms with Crippen molar-refractivity contribution in [2.45, 2.75) is 26.9 Å². The topological polar surface area (TPSA) is 59.7 Å². The van der Waals surface area contributed by atoms with Gasteiger partial charge >= 0.3 is 0 Å². The van der Waals surface area contributed by atoms with Crippen molar-refractivity contribution in [1.82, 2.24) is 4.90 Å². The first kappa shape index (κ1) is 20.2. The summed E-state index contributed by atoms with van der Waals surface area (Å²) in [6, 6.07) is 14.2. The molecular formula is C23H29N3O2. The van der Waals surface area contributed by atoms with Crippen LogP contribution in [-0.4, -0.2) is 55.4 Å². The van der Waals surface area contributed by atoms with Crippen LogP contribution in [0.1, 0.15) is 22.3 Å². The molecule has 1 N–H and O–H groups in total. The molecule has 28 heavy (non-hydrogen) atoms. The molecule has 1 heterocycles. The lowest BCUT2D eigenvalue weighted by Crippen LogP contribution is -2.49. The Morgan fingerprint density at radius 1 is 1.04 bits per heavy atom. The number of hydrogen-bond acceptors (Lipinski definition) is 5. The fourth-order valence-corrected chi connectivity index (χ4v) is 3.69. The normalized spacial score (nSPS) is 15.9. The van der Waals surface area contributed by atoms with Gasteiger partial charge in [-0.3, -0.25) is 4.90 Å². The Morgan fingerprint density at radius 3 is 2.43 bits per heavy atom. The van der Waals surface area contributed by atoms with Gasteiger partial charge in [-0.05, 0) is 49.6 Å². The second-order valence-corrected chi connectivity index (χ2v) is 7.53. The van der Waals surface area contributed by atoms with Crippen molar-refractivity contribution >= 4 is 5.69 Å². The summed E-state index contributed by atoms with van der Waals surface area (Å²) >= 11 is 0. The third-order valence-corrected chi connectivity index (χ3v) is 5.50. The smallest absolute Gasteiger partial charge is 0.125 e. The SMILES string of the molecule is Cc1ccc(C)c(OCC(O)CN2CCN(c3ccccc3C#N)CC2)c1C. The van der Waals surface area contributed by atoms with E-state index in [0.717, 1.165) is 48.7 Å². The zero-order chi connectivity index (χ0) is 20.1. The predicted molar refractivity (Wildman–Crippen MR) is 112 cm³/mol. The average Bonchev–Trinajstić information content (AvgIpc) is 2.71. The summed E-state index contributed by atoms with van der Waals surface area (Å²) in [6.45, 7) is 10.5. The van der Waals surface area contributed by atoms with E-state index in [4.69, 9.17) is 4.74 Å². The number of para-hydroxylation sites is 1. The van der Waals surface area contributed by atoms with Gasteiger partial charge in [0, 0.05) is 32.7 Å². The van der Waals surface area contributed by atoms with E-state index in [0.29, 0.717) is 18.7 Å². The number of rotatable bonds is 6. The highest BCUT2D eigenvalue weighted by Crippen LogP contribution is 2.26. The molecule has 5 heteroatoms. The molecule has 0 amide bonds. The van der Waals surface area contributed by atoms with Crippen LogP contribution < -0.4 is 9.64 Å². The molecule has 2 aromatic carbocycles. The first-order chi connectivity index (χ1) is 13.5. The van der Waals surface area contributed by atoms with E-state index in [2.05, 4.69) is 41.8 Å². The van der Waals surface area contributed by atoms with E-state index < -0.39 is 6.10 Å². The highest BCUT2D eigenvalue weighted by molar-refractivity contribution is 5.59.